The van der Waals surface area contributed by atoms with Crippen LogP contribution in [0.2, 0.25) is 0 Å². The number of aromatic nitrogens is 3. The summed E-state index contributed by atoms with van der Waals surface area (Å²) in [6, 6.07) is 6.67. The molecule has 0 unspecified atom stereocenters. The van der Waals surface area contributed by atoms with Crippen molar-refractivity contribution in [2.45, 2.75) is 50.8 Å². The van der Waals surface area contributed by atoms with Crippen LogP contribution >= 0.6 is 11.8 Å². The van der Waals surface area contributed by atoms with Gasteiger partial charge in [-0.2, -0.15) is 8.78 Å². The Kier molecular flexibility index (Phi) is 7.38. The first-order valence-electron chi connectivity index (χ1n) is 8.22. The zero-order valence-corrected chi connectivity index (χ0v) is 15.5. The van der Waals surface area contributed by atoms with Crippen LogP contribution in [0, 0.1) is 5.92 Å². The second-order valence-electron chi connectivity index (χ2n) is 6.14. The van der Waals surface area contributed by atoms with Crippen LogP contribution in [0.1, 0.15) is 31.7 Å². The molecule has 2 N–H and O–H groups in total. The molecule has 1 amide bonds. The summed E-state index contributed by atoms with van der Waals surface area (Å²) in [5, 5.41) is 9.02. The number of hydrogen-bond acceptors (Lipinski definition) is 5. The van der Waals surface area contributed by atoms with Crippen LogP contribution in [0.25, 0.3) is 0 Å². The first-order chi connectivity index (χ1) is 12.4. The van der Waals surface area contributed by atoms with Crippen molar-refractivity contribution >= 4 is 17.7 Å². The lowest BCUT2D eigenvalue weighted by Crippen LogP contribution is -2.15. The molecule has 0 aliphatic rings. The molecular formula is C17H22F2N4O2S. The van der Waals surface area contributed by atoms with Crippen LogP contribution in [0.3, 0.4) is 0 Å². The number of nitrogens with zero attached hydrogens (tertiary/aromatic N) is 3. The molecule has 6 nitrogen and oxygen atoms in total. The number of para-hydroxylation sites is 1. The van der Waals surface area contributed by atoms with Gasteiger partial charge in [-0.15, -0.1) is 10.2 Å². The maximum absolute atomic E-state index is 12.5. The molecule has 0 atom stereocenters. The molecular weight excluding hydrogens is 362 g/mol. The van der Waals surface area contributed by atoms with E-state index in [9.17, 15) is 13.6 Å². The highest BCUT2D eigenvalue weighted by atomic mass is 32.2. The first-order valence-corrected chi connectivity index (χ1v) is 9.21. The van der Waals surface area contributed by atoms with Gasteiger partial charge in [-0.3, -0.25) is 4.79 Å². The number of amides is 1. The van der Waals surface area contributed by atoms with E-state index in [-0.39, 0.29) is 12.2 Å². The van der Waals surface area contributed by atoms with Crippen molar-refractivity contribution in [3.05, 3.63) is 35.7 Å². The number of ether oxygens (including phenoxy) is 1. The summed E-state index contributed by atoms with van der Waals surface area (Å²) in [6.45, 7) is 1.96. The molecule has 2 aromatic rings. The minimum Gasteiger partial charge on any atom is -0.435 e. The Hall–Kier alpha value is -2.16. The number of benzene rings is 1. The third-order valence-electron chi connectivity index (χ3n) is 3.48. The minimum absolute atomic E-state index is 0.152. The van der Waals surface area contributed by atoms with E-state index in [1.165, 1.54) is 17.8 Å². The number of alkyl halides is 2. The van der Waals surface area contributed by atoms with Gasteiger partial charge in [0, 0.05) is 30.7 Å². The largest absolute Gasteiger partial charge is 0.435 e. The normalized spacial score (nSPS) is 11.3. The smallest absolute Gasteiger partial charge is 0.387 e. The summed E-state index contributed by atoms with van der Waals surface area (Å²) in [7, 11) is 0. The molecule has 9 heteroatoms. The van der Waals surface area contributed by atoms with E-state index in [1.807, 2.05) is 4.57 Å². The maximum atomic E-state index is 12.5. The first kappa shape index (κ1) is 20.2. The number of halogens is 2. The molecule has 0 saturated heterocycles. The van der Waals surface area contributed by atoms with Gasteiger partial charge in [-0.25, -0.2) is 0 Å². The van der Waals surface area contributed by atoms with Crippen molar-refractivity contribution in [3.63, 3.8) is 0 Å². The predicted octanol–water partition coefficient (Wildman–Crippen LogP) is 3.25. The summed E-state index contributed by atoms with van der Waals surface area (Å²) >= 11 is 1.39. The second kappa shape index (κ2) is 9.51. The molecule has 2 rings (SSSR count). The average molecular weight is 384 g/mol. The number of nitrogens with two attached hydrogens (primary N) is 1. The van der Waals surface area contributed by atoms with Crippen LogP contribution < -0.4 is 10.5 Å². The van der Waals surface area contributed by atoms with Gasteiger partial charge in [0.2, 0.25) is 5.91 Å². The average Bonchev–Trinajstić information content (AvgIpc) is 2.93. The number of rotatable bonds is 10. The van der Waals surface area contributed by atoms with Crippen LogP contribution in [-0.4, -0.2) is 27.3 Å². The molecule has 0 radical (unpaired) electrons. The van der Waals surface area contributed by atoms with Crippen LogP contribution in [-0.2, 0) is 23.5 Å². The Labute approximate surface area is 155 Å². The fraction of sp³-hybridized carbons (Fsp3) is 0.471. The summed E-state index contributed by atoms with van der Waals surface area (Å²) in [4.78, 5) is 11.0. The highest BCUT2D eigenvalue weighted by Gasteiger charge is 2.16. The summed E-state index contributed by atoms with van der Waals surface area (Å²) in [5.41, 5.74) is 5.86. The molecule has 0 aliphatic carbocycles. The standard InChI is InChI=1S/C17H22F2N4O2S/c1-11(2)9-23-15(8-7-14(20)24)21-22-17(23)26-10-12-5-3-4-6-13(12)25-16(18)19/h3-6,11,16H,7-10H2,1-2H3,(H2,20,24). The fourth-order valence-electron chi connectivity index (χ4n) is 2.37. The van der Waals surface area contributed by atoms with E-state index in [2.05, 4.69) is 28.8 Å². The van der Waals surface area contributed by atoms with Gasteiger partial charge >= 0.3 is 6.61 Å². The van der Waals surface area contributed by atoms with Crippen molar-refractivity contribution in [1.82, 2.24) is 14.8 Å². The van der Waals surface area contributed by atoms with Gasteiger partial charge in [-0.05, 0) is 12.0 Å². The Balaban J connectivity index is 2.15. The number of thioether (sulfide) groups is 1. The van der Waals surface area contributed by atoms with Crippen molar-refractivity contribution in [3.8, 4) is 5.75 Å². The van der Waals surface area contributed by atoms with Crippen LogP contribution in [0.15, 0.2) is 29.4 Å². The zero-order valence-electron chi connectivity index (χ0n) is 14.7. The van der Waals surface area contributed by atoms with Crippen molar-refractivity contribution in [2.24, 2.45) is 11.7 Å². The number of aryl methyl sites for hydroxylation is 1. The molecule has 142 valence electrons. The molecule has 0 bridgehead atoms. The quantitative estimate of drug-likeness (QED) is 0.636. The van der Waals surface area contributed by atoms with Crippen LogP contribution in [0.4, 0.5) is 8.78 Å². The topological polar surface area (TPSA) is 83.0 Å². The summed E-state index contributed by atoms with van der Waals surface area (Å²) in [6.07, 6.45) is 0.618. The van der Waals surface area contributed by atoms with Crippen molar-refractivity contribution in [2.75, 3.05) is 0 Å². The van der Waals surface area contributed by atoms with Crippen LogP contribution in [0.5, 0.6) is 5.75 Å². The van der Waals surface area contributed by atoms with Gasteiger partial charge < -0.3 is 15.0 Å². The lowest BCUT2D eigenvalue weighted by atomic mass is 10.2. The third kappa shape index (κ3) is 5.98. The SMILES string of the molecule is CC(C)Cn1c(CCC(N)=O)nnc1SCc1ccccc1OC(F)F. The molecule has 0 fully saturated rings. The molecule has 1 aromatic heterocycles. The van der Waals surface area contributed by atoms with Gasteiger partial charge in [0.1, 0.15) is 11.6 Å². The predicted molar refractivity (Wildman–Crippen MR) is 95.0 cm³/mol. The third-order valence-corrected chi connectivity index (χ3v) is 4.50. The van der Waals surface area contributed by atoms with E-state index in [4.69, 9.17) is 5.73 Å². The molecule has 1 heterocycles. The van der Waals surface area contributed by atoms with E-state index < -0.39 is 12.5 Å². The zero-order chi connectivity index (χ0) is 19.1. The molecule has 1 aromatic carbocycles. The van der Waals surface area contributed by atoms with Crippen molar-refractivity contribution in [1.29, 1.82) is 0 Å². The van der Waals surface area contributed by atoms with Gasteiger partial charge in [0.15, 0.2) is 5.16 Å². The Morgan fingerprint density at radius 2 is 2.04 bits per heavy atom. The van der Waals surface area contributed by atoms with E-state index in [1.54, 1.807) is 18.2 Å². The molecule has 0 saturated carbocycles. The lowest BCUT2D eigenvalue weighted by Gasteiger charge is -2.13. The van der Waals surface area contributed by atoms with Gasteiger partial charge in [-0.1, -0.05) is 43.8 Å². The minimum atomic E-state index is -2.87. The van der Waals surface area contributed by atoms with E-state index >= 15 is 0 Å². The summed E-state index contributed by atoms with van der Waals surface area (Å²) < 4.78 is 31.6. The number of carbonyl (C=O) groups is 1. The highest BCUT2D eigenvalue weighted by molar-refractivity contribution is 7.98. The van der Waals surface area contributed by atoms with Gasteiger partial charge in [0.25, 0.3) is 0 Å². The van der Waals surface area contributed by atoms with Gasteiger partial charge in [0.05, 0.1) is 0 Å². The van der Waals surface area contributed by atoms with Crippen molar-refractivity contribution < 1.29 is 18.3 Å². The monoisotopic (exact) mass is 384 g/mol. The second-order valence-corrected chi connectivity index (χ2v) is 7.09. The lowest BCUT2D eigenvalue weighted by molar-refractivity contribution is -0.118. The summed E-state index contributed by atoms with van der Waals surface area (Å²) in [5.74, 6) is 1.22. The Morgan fingerprint density at radius 3 is 2.69 bits per heavy atom. The number of primary amides is 1. The highest BCUT2D eigenvalue weighted by Crippen LogP contribution is 2.29. The maximum Gasteiger partial charge on any atom is 0.387 e. The Morgan fingerprint density at radius 1 is 1.31 bits per heavy atom. The molecule has 0 spiro atoms. The Bertz CT molecular complexity index is 737. The fourth-order valence-corrected chi connectivity index (χ4v) is 3.33. The molecule has 26 heavy (non-hydrogen) atoms. The number of carbonyl (C=O) groups excluding carboxylic acids is 1. The number of hydrogen-bond donors (Lipinski definition) is 1. The van der Waals surface area contributed by atoms with E-state index in [0.29, 0.717) is 41.2 Å². The van der Waals surface area contributed by atoms with E-state index in [0.717, 1.165) is 0 Å². The molecule has 0 aliphatic heterocycles.